The van der Waals surface area contributed by atoms with Gasteiger partial charge in [-0.25, -0.2) is 8.42 Å². The summed E-state index contributed by atoms with van der Waals surface area (Å²) in [6, 6.07) is 0. The zero-order valence-electron chi connectivity index (χ0n) is 16.9. The van der Waals surface area contributed by atoms with Gasteiger partial charge in [0.25, 0.3) is 0 Å². The van der Waals surface area contributed by atoms with E-state index in [0.717, 1.165) is 0 Å². The highest BCUT2D eigenvalue weighted by molar-refractivity contribution is 7.94. The maximum absolute atomic E-state index is 13.6. The minimum absolute atomic E-state index is 0.318. The summed E-state index contributed by atoms with van der Waals surface area (Å²) in [7, 11) is -5.10. The normalized spacial score (nSPS) is 16.6. The Kier molecular flexibility index (Phi) is 8.70. The van der Waals surface area contributed by atoms with E-state index >= 15 is 0 Å². The molecule has 24 heteroatoms. The van der Waals surface area contributed by atoms with Gasteiger partial charge in [-0.15, -0.1) is 0 Å². The molecule has 0 aliphatic carbocycles. The van der Waals surface area contributed by atoms with Crippen molar-refractivity contribution >= 4 is 9.84 Å². The van der Waals surface area contributed by atoms with Gasteiger partial charge >= 0.3 is 59.5 Å². The lowest BCUT2D eigenvalue weighted by atomic mass is 9.86. The van der Waals surface area contributed by atoms with Crippen molar-refractivity contribution in [3.63, 3.8) is 0 Å². The predicted octanol–water partition coefficient (Wildman–Crippen LogP) is 7.21. The first-order valence-electron chi connectivity index (χ1n) is 8.34. The van der Waals surface area contributed by atoms with Gasteiger partial charge < -0.3 is 0 Å². The third-order valence-electron chi connectivity index (χ3n) is 4.53. The Morgan fingerprint density at radius 1 is 0.447 bits per heavy atom. The summed E-state index contributed by atoms with van der Waals surface area (Å²) in [5, 5.41) is -0.318. The fourth-order valence-corrected chi connectivity index (χ4v) is 2.81. The molecule has 0 atom stereocenters. The van der Waals surface area contributed by atoms with Crippen LogP contribution < -0.4 is 0 Å². The van der Waals surface area contributed by atoms with Gasteiger partial charge in [-0.1, -0.05) is 6.58 Å². The van der Waals surface area contributed by atoms with Crippen LogP contribution in [-0.4, -0.2) is 73.6 Å². The topological polar surface area (TPSA) is 34.1 Å². The Bertz CT molecular complexity index is 990. The Morgan fingerprint density at radius 3 is 0.921 bits per heavy atom. The van der Waals surface area contributed by atoms with Crippen LogP contribution in [0.15, 0.2) is 12.0 Å². The number of hydrogen-bond donors (Lipinski definition) is 0. The van der Waals surface area contributed by atoms with E-state index in [1.165, 1.54) is 0 Å². The molecule has 0 amide bonds. The monoisotopic (exact) mass is 638 g/mol. The van der Waals surface area contributed by atoms with Gasteiger partial charge in [0.2, 0.25) is 0 Å². The summed E-state index contributed by atoms with van der Waals surface area (Å²) in [5.74, 6) is -80.4. The summed E-state index contributed by atoms with van der Waals surface area (Å²) < 4.78 is 298. The summed E-state index contributed by atoms with van der Waals surface area (Å²) in [4.78, 5) is 0. The minimum Gasteiger partial charge on any atom is -0.224 e. The second-order valence-electron chi connectivity index (χ2n) is 7.08. The van der Waals surface area contributed by atoms with Crippen molar-refractivity contribution in [2.45, 2.75) is 65.9 Å². The van der Waals surface area contributed by atoms with Crippen LogP contribution in [0.4, 0.5) is 92.2 Å². The molecule has 2 nitrogen and oxygen atoms in total. The SMILES string of the molecule is C=CS(=O)(=O)CCC(F)(F)C(F)(F)C(F)(F)C(F)(F)C(F)(F)C(F)(F)C(F)(F)C(F)(F)C(F)(F)C(F)(F)F. The first-order chi connectivity index (χ1) is 16.0. The maximum atomic E-state index is 13.6. The highest BCUT2D eigenvalue weighted by Crippen LogP contribution is 2.66. The van der Waals surface area contributed by atoms with Crippen LogP contribution in [0, 0.1) is 0 Å². The molecule has 0 radical (unpaired) electrons. The van der Waals surface area contributed by atoms with E-state index in [9.17, 15) is 101 Å². The van der Waals surface area contributed by atoms with Gasteiger partial charge in [0, 0.05) is 11.8 Å². The van der Waals surface area contributed by atoms with Crippen molar-refractivity contribution in [2.24, 2.45) is 0 Å². The molecular weight excluding hydrogens is 631 g/mol. The largest absolute Gasteiger partial charge is 0.460 e. The van der Waals surface area contributed by atoms with E-state index in [1.807, 2.05) is 0 Å². The van der Waals surface area contributed by atoms with Crippen LogP contribution in [0.5, 0.6) is 0 Å². The molecule has 0 bridgehead atoms. The minimum atomic E-state index is -9.25. The van der Waals surface area contributed by atoms with Crippen LogP contribution in [0.25, 0.3) is 0 Å². The Hall–Kier alpha value is -1.78. The fraction of sp³-hybridized carbons (Fsp3) is 0.857. The summed E-state index contributed by atoms with van der Waals surface area (Å²) >= 11 is 0. The number of alkyl halides is 21. The van der Waals surface area contributed by atoms with Crippen molar-refractivity contribution in [1.29, 1.82) is 0 Å². The molecule has 228 valence electrons. The second-order valence-corrected chi connectivity index (χ2v) is 9.15. The van der Waals surface area contributed by atoms with Crippen LogP contribution in [0.1, 0.15) is 6.42 Å². The molecule has 0 fully saturated rings. The average Bonchev–Trinajstić information content (AvgIpc) is 2.70. The third kappa shape index (κ3) is 4.74. The average molecular weight is 638 g/mol. The van der Waals surface area contributed by atoms with Crippen molar-refractivity contribution in [3.05, 3.63) is 12.0 Å². The van der Waals surface area contributed by atoms with E-state index in [-0.39, 0.29) is 5.41 Å². The van der Waals surface area contributed by atoms with Gasteiger partial charge in [-0.05, 0) is 0 Å². The molecule has 0 aliphatic rings. The number of sulfone groups is 1. The zero-order chi connectivity index (χ0) is 31.6. The number of rotatable bonds is 12. The van der Waals surface area contributed by atoms with Gasteiger partial charge in [0.15, 0.2) is 9.84 Å². The van der Waals surface area contributed by atoms with E-state index in [4.69, 9.17) is 0 Å². The zero-order valence-corrected chi connectivity index (χ0v) is 17.7. The lowest BCUT2D eigenvalue weighted by Crippen LogP contribution is -2.76. The van der Waals surface area contributed by atoms with Crippen molar-refractivity contribution < 1.29 is 101 Å². The molecule has 0 aromatic rings. The van der Waals surface area contributed by atoms with Crippen LogP contribution in [0.2, 0.25) is 0 Å². The quantitative estimate of drug-likeness (QED) is 0.212. The number of hydrogen-bond acceptors (Lipinski definition) is 2. The highest BCUT2D eigenvalue weighted by atomic mass is 32.2. The van der Waals surface area contributed by atoms with Gasteiger partial charge in [-0.3, -0.25) is 0 Å². The van der Waals surface area contributed by atoms with E-state index < -0.39 is 81.5 Å². The molecule has 0 aromatic heterocycles. The highest BCUT2D eigenvalue weighted by Gasteiger charge is 2.97. The molecule has 0 saturated carbocycles. The van der Waals surface area contributed by atoms with Crippen LogP contribution >= 0.6 is 0 Å². The molecule has 0 aliphatic heterocycles. The molecule has 0 aromatic carbocycles. The fourth-order valence-electron chi connectivity index (χ4n) is 2.10. The van der Waals surface area contributed by atoms with Gasteiger partial charge in [-0.2, -0.15) is 92.2 Å². The first-order valence-corrected chi connectivity index (χ1v) is 10.1. The standard InChI is InChI=1S/C14H7F21O2S/c1-2-38(36,37)4-3-5(15,16)6(17,18)7(19,20)8(21,22)9(23,24)10(25,26)11(27,28)12(29,30)13(31,32)14(33,34)35/h2H,1,3-4H2. The third-order valence-corrected chi connectivity index (χ3v) is 5.81. The van der Waals surface area contributed by atoms with Crippen LogP contribution in [-0.2, 0) is 9.84 Å². The second kappa shape index (κ2) is 9.13. The lowest BCUT2D eigenvalue weighted by Gasteiger charge is -2.44. The smallest absolute Gasteiger partial charge is 0.224 e. The van der Waals surface area contributed by atoms with Gasteiger partial charge in [0.05, 0.1) is 5.75 Å². The molecule has 0 spiro atoms. The lowest BCUT2D eigenvalue weighted by molar-refractivity contribution is -0.474. The summed E-state index contributed by atoms with van der Waals surface area (Å²) in [6.07, 6.45) is -11.3. The molecule has 38 heavy (non-hydrogen) atoms. The van der Waals surface area contributed by atoms with Crippen molar-refractivity contribution in [1.82, 2.24) is 0 Å². The Morgan fingerprint density at radius 2 is 0.684 bits per heavy atom. The van der Waals surface area contributed by atoms with Crippen LogP contribution in [0.3, 0.4) is 0 Å². The molecule has 0 N–H and O–H groups in total. The Labute approximate surface area is 195 Å². The van der Waals surface area contributed by atoms with E-state index in [0.29, 0.717) is 0 Å². The molecular formula is C14H7F21O2S. The summed E-state index contributed by atoms with van der Waals surface area (Å²) in [5.41, 5.74) is 0. The van der Waals surface area contributed by atoms with E-state index in [2.05, 4.69) is 6.58 Å². The molecule has 0 saturated heterocycles. The predicted molar refractivity (Wildman–Crippen MR) is 79.2 cm³/mol. The van der Waals surface area contributed by atoms with Gasteiger partial charge in [0.1, 0.15) is 0 Å². The molecule has 0 rings (SSSR count). The van der Waals surface area contributed by atoms with Crippen molar-refractivity contribution in [2.75, 3.05) is 5.75 Å². The van der Waals surface area contributed by atoms with Crippen molar-refractivity contribution in [3.8, 4) is 0 Å². The Balaban J connectivity index is 6.99. The molecule has 0 unspecified atom stereocenters. The van der Waals surface area contributed by atoms with E-state index in [1.54, 1.807) is 0 Å². The summed E-state index contributed by atoms with van der Waals surface area (Å²) in [6.45, 7) is 2.39. The first kappa shape index (κ1) is 36.2. The molecule has 0 heterocycles. The number of halogens is 21. The maximum Gasteiger partial charge on any atom is 0.460 e.